The molecular weight excluding hydrogens is 258 g/mol. The van der Waals surface area contributed by atoms with E-state index in [0.29, 0.717) is 11.4 Å². The van der Waals surface area contributed by atoms with Crippen molar-refractivity contribution in [2.24, 2.45) is 0 Å². The number of esters is 1. The number of hydrogen-bond acceptors (Lipinski definition) is 5. The Kier molecular flexibility index (Phi) is 5.37. The third kappa shape index (κ3) is 4.15. The number of hydrogen-bond donors (Lipinski definition) is 3. The number of rotatable bonds is 5. The van der Waals surface area contributed by atoms with E-state index in [-0.39, 0.29) is 17.5 Å². The van der Waals surface area contributed by atoms with Crippen molar-refractivity contribution in [3.05, 3.63) is 23.8 Å². The van der Waals surface area contributed by atoms with E-state index in [1.807, 2.05) is 13.8 Å². The molecule has 0 radical (unpaired) electrons. The van der Waals surface area contributed by atoms with Crippen molar-refractivity contribution >= 4 is 23.3 Å². The van der Waals surface area contributed by atoms with Crippen molar-refractivity contribution in [3.8, 4) is 0 Å². The van der Waals surface area contributed by atoms with Crippen LogP contribution < -0.4 is 16.4 Å². The number of carbonyl (C=O) groups excluding carboxylic acids is 2. The summed E-state index contributed by atoms with van der Waals surface area (Å²) in [4.78, 5) is 23.4. The Labute approximate surface area is 118 Å². The van der Waals surface area contributed by atoms with Crippen molar-refractivity contribution in [1.29, 1.82) is 0 Å². The van der Waals surface area contributed by atoms with E-state index in [2.05, 4.69) is 15.4 Å². The van der Waals surface area contributed by atoms with E-state index >= 15 is 0 Å². The number of nitrogens with one attached hydrogen (secondary N) is 2. The topological polar surface area (TPSA) is 93.4 Å². The lowest BCUT2D eigenvalue weighted by Crippen LogP contribution is -2.41. The number of carbonyl (C=O) groups is 2. The fourth-order valence-corrected chi connectivity index (χ4v) is 1.66. The van der Waals surface area contributed by atoms with E-state index in [9.17, 15) is 9.59 Å². The normalized spacial score (nSPS) is 11.8. The highest BCUT2D eigenvalue weighted by atomic mass is 16.5. The second-order valence-electron chi connectivity index (χ2n) is 4.82. The minimum absolute atomic E-state index is 0.0730. The van der Waals surface area contributed by atoms with Crippen LogP contribution in [0.3, 0.4) is 0 Å². The van der Waals surface area contributed by atoms with Crippen LogP contribution in [0.15, 0.2) is 18.2 Å². The van der Waals surface area contributed by atoms with Gasteiger partial charge in [-0.3, -0.25) is 4.79 Å². The maximum Gasteiger partial charge on any atom is 0.340 e. The standard InChI is InChI=1S/C14H21N3O3/c1-8(2)16-13(18)9(3)17-10-5-6-12(15)11(7-10)14(19)20-4/h5-9,17H,15H2,1-4H3,(H,16,18). The molecule has 6 nitrogen and oxygen atoms in total. The number of anilines is 2. The van der Waals surface area contributed by atoms with Crippen molar-refractivity contribution in [2.75, 3.05) is 18.2 Å². The molecule has 110 valence electrons. The molecule has 1 amide bonds. The van der Waals surface area contributed by atoms with Crippen molar-refractivity contribution in [1.82, 2.24) is 5.32 Å². The molecule has 0 aliphatic carbocycles. The molecule has 1 aromatic carbocycles. The summed E-state index contributed by atoms with van der Waals surface area (Å²) in [5.74, 6) is -0.623. The van der Waals surface area contributed by atoms with Gasteiger partial charge in [0.25, 0.3) is 0 Å². The number of nitrogen functional groups attached to an aromatic ring is 1. The van der Waals surface area contributed by atoms with E-state index in [4.69, 9.17) is 5.73 Å². The zero-order valence-electron chi connectivity index (χ0n) is 12.2. The van der Waals surface area contributed by atoms with Crippen LogP contribution in [0.25, 0.3) is 0 Å². The van der Waals surface area contributed by atoms with Crippen LogP contribution in [0.5, 0.6) is 0 Å². The van der Waals surface area contributed by atoms with Gasteiger partial charge in [0.2, 0.25) is 5.91 Å². The van der Waals surface area contributed by atoms with Crippen molar-refractivity contribution < 1.29 is 14.3 Å². The van der Waals surface area contributed by atoms with E-state index in [1.54, 1.807) is 25.1 Å². The van der Waals surface area contributed by atoms with Gasteiger partial charge in [0.05, 0.1) is 12.7 Å². The van der Waals surface area contributed by atoms with E-state index in [1.165, 1.54) is 7.11 Å². The number of benzene rings is 1. The molecule has 1 rings (SSSR count). The second kappa shape index (κ2) is 6.79. The summed E-state index contributed by atoms with van der Waals surface area (Å²) < 4.78 is 4.65. The maximum atomic E-state index is 11.8. The van der Waals surface area contributed by atoms with Gasteiger partial charge in [-0.15, -0.1) is 0 Å². The van der Waals surface area contributed by atoms with Gasteiger partial charge in [-0.1, -0.05) is 0 Å². The zero-order valence-corrected chi connectivity index (χ0v) is 12.2. The Bertz CT molecular complexity index is 500. The Morgan fingerprint density at radius 3 is 2.45 bits per heavy atom. The fourth-order valence-electron chi connectivity index (χ4n) is 1.66. The second-order valence-corrected chi connectivity index (χ2v) is 4.82. The molecule has 0 heterocycles. The Balaban J connectivity index is 2.83. The number of methoxy groups -OCH3 is 1. The SMILES string of the molecule is COC(=O)c1cc(NC(C)C(=O)NC(C)C)ccc1N. The van der Waals surface area contributed by atoms with Crippen LogP contribution in [-0.2, 0) is 9.53 Å². The Morgan fingerprint density at radius 1 is 1.25 bits per heavy atom. The molecule has 20 heavy (non-hydrogen) atoms. The Hall–Kier alpha value is -2.24. The first-order chi connectivity index (χ1) is 9.35. The number of amides is 1. The summed E-state index contributed by atoms with van der Waals surface area (Å²) in [5, 5.41) is 5.82. The molecule has 1 aromatic rings. The van der Waals surface area contributed by atoms with Gasteiger partial charge < -0.3 is 21.1 Å². The summed E-state index contributed by atoms with van der Waals surface area (Å²) in [6.07, 6.45) is 0. The van der Waals surface area contributed by atoms with Gasteiger partial charge in [0.1, 0.15) is 6.04 Å². The molecular formula is C14H21N3O3. The summed E-state index contributed by atoms with van der Waals surface area (Å²) in [6, 6.07) is 4.53. The van der Waals surface area contributed by atoms with Crippen molar-refractivity contribution in [2.45, 2.75) is 32.9 Å². The molecule has 0 saturated carbocycles. The largest absolute Gasteiger partial charge is 0.465 e. The van der Waals surface area contributed by atoms with Crippen LogP contribution in [0.2, 0.25) is 0 Å². The summed E-state index contributed by atoms with van der Waals surface area (Å²) >= 11 is 0. The average Bonchev–Trinajstić information content (AvgIpc) is 2.39. The molecule has 1 unspecified atom stereocenters. The lowest BCUT2D eigenvalue weighted by molar-refractivity contribution is -0.122. The molecule has 0 aromatic heterocycles. The minimum atomic E-state index is -0.509. The molecule has 1 atom stereocenters. The average molecular weight is 279 g/mol. The lowest BCUT2D eigenvalue weighted by atomic mass is 10.1. The first kappa shape index (κ1) is 15.8. The van der Waals surface area contributed by atoms with E-state index < -0.39 is 12.0 Å². The highest BCUT2D eigenvalue weighted by Crippen LogP contribution is 2.19. The summed E-state index contributed by atoms with van der Waals surface area (Å²) in [7, 11) is 1.29. The third-order valence-corrected chi connectivity index (χ3v) is 2.67. The smallest absolute Gasteiger partial charge is 0.340 e. The van der Waals surface area contributed by atoms with Crippen LogP contribution >= 0.6 is 0 Å². The van der Waals surface area contributed by atoms with Crippen LogP contribution in [0.1, 0.15) is 31.1 Å². The Morgan fingerprint density at radius 2 is 1.90 bits per heavy atom. The monoisotopic (exact) mass is 279 g/mol. The van der Waals surface area contributed by atoms with Crippen LogP contribution in [0, 0.1) is 0 Å². The van der Waals surface area contributed by atoms with Gasteiger partial charge in [-0.05, 0) is 39.0 Å². The molecule has 4 N–H and O–H groups in total. The van der Waals surface area contributed by atoms with Gasteiger partial charge in [0, 0.05) is 17.4 Å². The van der Waals surface area contributed by atoms with Crippen molar-refractivity contribution in [3.63, 3.8) is 0 Å². The predicted molar refractivity (Wildman–Crippen MR) is 78.6 cm³/mol. The lowest BCUT2D eigenvalue weighted by Gasteiger charge is -2.17. The third-order valence-electron chi connectivity index (χ3n) is 2.67. The first-order valence-electron chi connectivity index (χ1n) is 6.40. The number of nitrogens with two attached hydrogens (primary N) is 1. The van der Waals surface area contributed by atoms with Crippen LogP contribution in [0.4, 0.5) is 11.4 Å². The summed E-state index contributed by atoms with van der Waals surface area (Å²) in [5.41, 5.74) is 6.95. The maximum absolute atomic E-state index is 11.8. The zero-order chi connectivity index (χ0) is 15.3. The van der Waals surface area contributed by atoms with Gasteiger partial charge >= 0.3 is 5.97 Å². The summed E-state index contributed by atoms with van der Waals surface area (Å²) in [6.45, 7) is 5.53. The molecule has 0 aliphatic heterocycles. The fraction of sp³-hybridized carbons (Fsp3) is 0.429. The molecule has 0 bridgehead atoms. The molecule has 0 aliphatic rings. The molecule has 0 saturated heterocycles. The van der Waals surface area contributed by atoms with Gasteiger partial charge in [0.15, 0.2) is 0 Å². The minimum Gasteiger partial charge on any atom is -0.465 e. The quantitative estimate of drug-likeness (QED) is 0.559. The molecule has 0 spiro atoms. The first-order valence-corrected chi connectivity index (χ1v) is 6.40. The van der Waals surface area contributed by atoms with Gasteiger partial charge in [-0.25, -0.2) is 4.79 Å². The highest BCUT2D eigenvalue weighted by Gasteiger charge is 2.15. The van der Waals surface area contributed by atoms with Crippen LogP contribution in [-0.4, -0.2) is 31.1 Å². The molecule has 6 heteroatoms. The predicted octanol–water partition coefficient (Wildman–Crippen LogP) is 1.38. The van der Waals surface area contributed by atoms with Gasteiger partial charge in [-0.2, -0.15) is 0 Å². The highest BCUT2D eigenvalue weighted by molar-refractivity contribution is 5.96. The number of ether oxygens (including phenoxy) is 1. The van der Waals surface area contributed by atoms with E-state index in [0.717, 1.165) is 0 Å². The molecule has 0 fully saturated rings.